The van der Waals surface area contributed by atoms with E-state index in [9.17, 15) is 9.59 Å². The molecular weight excluding hydrogens is 640 g/mol. The van der Waals surface area contributed by atoms with Crippen LogP contribution in [0.4, 0.5) is 5.82 Å². The molecule has 0 radical (unpaired) electrons. The summed E-state index contributed by atoms with van der Waals surface area (Å²) in [4.78, 5) is 41.4. The summed E-state index contributed by atoms with van der Waals surface area (Å²) in [6.07, 6.45) is 5.15. The largest absolute Gasteiger partial charge is 0.454 e. The number of imidazole rings is 1. The SMILES string of the molecule is C[C@H](OC(=O)[C@@H](N)CCCCN)C(=O)N1CCC(CCn2c(Sc3cc4c(cc3Br)OCO4)nc3c(N)ncnc32)CC1. The van der Waals surface area contributed by atoms with Crippen molar-refractivity contribution in [3.63, 3.8) is 0 Å². The van der Waals surface area contributed by atoms with Gasteiger partial charge in [0, 0.05) is 29.0 Å². The summed E-state index contributed by atoms with van der Waals surface area (Å²) < 4.78 is 19.4. The van der Waals surface area contributed by atoms with Crippen LogP contribution < -0.4 is 26.7 Å². The van der Waals surface area contributed by atoms with Crippen molar-refractivity contribution >= 4 is 56.6 Å². The minimum atomic E-state index is -0.873. The summed E-state index contributed by atoms with van der Waals surface area (Å²) in [5.41, 5.74) is 18.8. The number of nitrogens with zero attached hydrogens (tertiary/aromatic N) is 5. The number of carbonyl (C=O) groups is 2. The van der Waals surface area contributed by atoms with E-state index in [0.29, 0.717) is 67.0 Å². The number of aromatic nitrogens is 4. The first-order valence-corrected chi connectivity index (χ1v) is 16.0. The Labute approximate surface area is 262 Å². The van der Waals surface area contributed by atoms with Gasteiger partial charge in [-0.2, -0.15) is 0 Å². The number of piperidine rings is 1. The van der Waals surface area contributed by atoms with E-state index in [4.69, 9.17) is 36.4 Å². The second-order valence-corrected chi connectivity index (χ2v) is 12.6. The van der Waals surface area contributed by atoms with Crippen molar-refractivity contribution in [1.82, 2.24) is 24.4 Å². The number of halogens is 1. The maximum Gasteiger partial charge on any atom is 0.323 e. The highest BCUT2D eigenvalue weighted by atomic mass is 79.9. The third kappa shape index (κ3) is 7.33. The van der Waals surface area contributed by atoms with E-state index in [2.05, 4.69) is 30.5 Å². The quantitative estimate of drug-likeness (QED) is 0.188. The average Bonchev–Trinajstić information content (AvgIpc) is 3.60. The molecule has 1 saturated heterocycles. The molecule has 0 bridgehead atoms. The van der Waals surface area contributed by atoms with Crippen LogP contribution in [-0.4, -0.2) is 74.9 Å². The number of hydrogen-bond donors (Lipinski definition) is 3. The van der Waals surface area contributed by atoms with Gasteiger partial charge in [0.15, 0.2) is 39.7 Å². The van der Waals surface area contributed by atoms with Gasteiger partial charge in [-0.25, -0.2) is 15.0 Å². The smallest absolute Gasteiger partial charge is 0.323 e. The van der Waals surface area contributed by atoms with Crippen molar-refractivity contribution in [1.29, 1.82) is 0 Å². The van der Waals surface area contributed by atoms with Gasteiger partial charge in [-0.3, -0.25) is 9.59 Å². The topological polar surface area (TPSA) is 187 Å². The van der Waals surface area contributed by atoms with Crippen LogP contribution in [0, 0.1) is 5.92 Å². The summed E-state index contributed by atoms with van der Waals surface area (Å²) in [6.45, 7) is 4.21. The number of nitrogen functional groups attached to an aromatic ring is 1. The van der Waals surface area contributed by atoms with Crippen molar-refractivity contribution < 1.29 is 23.8 Å². The van der Waals surface area contributed by atoms with Gasteiger partial charge in [0.1, 0.15) is 12.4 Å². The number of aryl methyl sites for hydroxylation is 1. The molecule has 13 nitrogen and oxygen atoms in total. The first kappa shape index (κ1) is 31.3. The number of amides is 1. The standard InChI is InChI=1S/C28H37BrN8O5S/c1-16(42-27(39)19(31)4-2-3-8-30)26(38)36-9-5-17(6-10-36)7-11-37-25-23(24(32)33-14-34-25)35-28(37)43-22-13-21-20(12-18(22)29)40-15-41-21/h12-14,16-17,19H,2-11,15,30-31H2,1H3,(H2,32,33,34)/t16-,19-/m0/s1. The molecule has 0 spiro atoms. The maximum absolute atomic E-state index is 13.0. The second kappa shape index (κ2) is 14.1. The third-order valence-electron chi connectivity index (χ3n) is 7.75. The predicted molar refractivity (Wildman–Crippen MR) is 164 cm³/mol. The number of carbonyl (C=O) groups excluding carboxylic acids is 2. The summed E-state index contributed by atoms with van der Waals surface area (Å²) in [5, 5.41) is 0.742. The van der Waals surface area contributed by atoms with Gasteiger partial charge in [-0.1, -0.05) is 18.2 Å². The van der Waals surface area contributed by atoms with Crippen LogP contribution in [0.3, 0.4) is 0 Å². The first-order valence-electron chi connectivity index (χ1n) is 14.4. The summed E-state index contributed by atoms with van der Waals surface area (Å²) in [7, 11) is 0. The maximum atomic E-state index is 13.0. The van der Waals surface area contributed by atoms with Gasteiger partial charge < -0.3 is 40.9 Å². The minimum absolute atomic E-state index is 0.193. The Hall–Kier alpha value is -3.14. The molecule has 0 aliphatic carbocycles. The number of rotatable bonds is 12. The molecule has 2 atom stereocenters. The Kier molecular flexibility index (Phi) is 10.3. The number of anilines is 1. The van der Waals surface area contributed by atoms with Crippen LogP contribution in [0.2, 0.25) is 0 Å². The Balaban J connectivity index is 1.19. The van der Waals surface area contributed by atoms with Gasteiger partial charge in [-0.15, -0.1) is 0 Å². The van der Waals surface area contributed by atoms with Gasteiger partial charge >= 0.3 is 5.97 Å². The first-order chi connectivity index (χ1) is 20.7. The number of unbranched alkanes of at least 4 members (excludes halogenated alkanes) is 1. The van der Waals surface area contributed by atoms with Gasteiger partial charge in [0.2, 0.25) is 6.79 Å². The molecule has 0 unspecified atom stereocenters. The van der Waals surface area contributed by atoms with Crippen molar-refractivity contribution in [2.24, 2.45) is 17.4 Å². The fourth-order valence-electron chi connectivity index (χ4n) is 5.24. The monoisotopic (exact) mass is 676 g/mol. The molecule has 2 aliphatic heterocycles. The molecule has 1 amide bonds. The molecule has 4 heterocycles. The fourth-order valence-corrected chi connectivity index (χ4v) is 6.75. The zero-order valence-corrected chi connectivity index (χ0v) is 26.4. The van der Waals surface area contributed by atoms with Crippen LogP contribution in [0.1, 0.15) is 45.4 Å². The number of benzene rings is 1. The van der Waals surface area contributed by atoms with Crippen LogP contribution in [0.15, 0.2) is 33.0 Å². The molecule has 3 aromatic rings. The van der Waals surface area contributed by atoms with Gasteiger partial charge in [0.05, 0.1) is 0 Å². The van der Waals surface area contributed by atoms with Crippen LogP contribution in [0.25, 0.3) is 11.2 Å². The lowest BCUT2D eigenvalue weighted by molar-refractivity contribution is -0.160. The predicted octanol–water partition coefficient (Wildman–Crippen LogP) is 3.07. The number of ether oxygens (including phenoxy) is 3. The Morgan fingerprint density at radius 3 is 2.67 bits per heavy atom. The highest BCUT2D eigenvalue weighted by Crippen LogP contribution is 2.43. The highest BCUT2D eigenvalue weighted by molar-refractivity contribution is 9.10. The van der Waals surface area contributed by atoms with Gasteiger partial charge in [-0.05, 0) is 79.6 Å². The molecule has 0 saturated carbocycles. The van der Waals surface area contributed by atoms with E-state index in [1.807, 2.05) is 12.1 Å². The van der Waals surface area contributed by atoms with Crippen LogP contribution in [-0.2, 0) is 20.9 Å². The van der Waals surface area contributed by atoms with E-state index in [0.717, 1.165) is 46.6 Å². The zero-order chi connectivity index (χ0) is 30.5. The van der Waals surface area contributed by atoms with Crippen molar-refractivity contribution in [2.45, 2.75) is 74.2 Å². The Morgan fingerprint density at radius 1 is 1.19 bits per heavy atom. The molecule has 2 aliphatic rings. The zero-order valence-electron chi connectivity index (χ0n) is 24.0. The van der Waals surface area contributed by atoms with Crippen molar-refractivity contribution in [2.75, 3.05) is 32.2 Å². The van der Waals surface area contributed by atoms with Crippen molar-refractivity contribution in [3.8, 4) is 11.5 Å². The normalized spacial score (nSPS) is 16.4. The Morgan fingerprint density at radius 2 is 1.93 bits per heavy atom. The third-order valence-corrected chi connectivity index (χ3v) is 9.72. The molecule has 1 fully saturated rings. The second-order valence-electron chi connectivity index (χ2n) is 10.7. The van der Waals surface area contributed by atoms with E-state index in [1.165, 1.54) is 18.1 Å². The molecular formula is C28H37BrN8O5S. The minimum Gasteiger partial charge on any atom is -0.454 e. The molecule has 43 heavy (non-hydrogen) atoms. The molecule has 6 N–H and O–H groups in total. The lowest BCUT2D eigenvalue weighted by atomic mass is 9.93. The van der Waals surface area contributed by atoms with E-state index in [-0.39, 0.29) is 12.7 Å². The van der Waals surface area contributed by atoms with E-state index in [1.54, 1.807) is 11.8 Å². The lowest BCUT2D eigenvalue weighted by Crippen LogP contribution is -2.46. The number of nitrogens with two attached hydrogens (primary N) is 3. The van der Waals surface area contributed by atoms with E-state index < -0.39 is 18.1 Å². The van der Waals surface area contributed by atoms with Crippen LogP contribution >= 0.6 is 27.7 Å². The Bertz CT molecular complexity index is 1460. The molecule has 5 rings (SSSR count). The average molecular weight is 678 g/mol. The number of fused-ring (bicyclic) bond motifs is 2. The summed E-state index contributed by atoms with van der Waals surface area (Å²) >= 11 is 5.12. The van der Waals surface area contributed by atoms with E-state index >= 15 is 0 Å². The molecule has 1 aromatic carbocycles. The molecule has 15 heteroatoms. The van der Waals surface area contributed by atoms with Gasteiger partial charge in [0.25, 0.3) is 5.91 Å². The molecule has 232 valence electrons. The number of esters is 1. The fraction of sp³-hybridized carbons (Fsp3) is 0.536. The summed E-state index contributed by atoms with van der Waals surface area (Å²) in [5.74, 6) is 1.36. The highest BCUT2D eigenvalue weighted by Gasteiger charge is 2.30. The number of hydrogen-bond acceptors (Lipinski definition) is 12. The molecule has 2 aromatic heterocycles. The summed E-state index contributed by atoms with van der Waals surface area (Å²) in [6, 6.07) is 3.07. The van der Waals surface area contributed by atoms with Crippen LogP contribution in [0.5, 0.6) is 11.5 Å². The lowest BCUT2D eigenvalue weighted by Gasteiger charge is -2.33. The number of likely N-dealkylation sites (tertiary alicyclic amines) is 1. The van der Waals surface area contributed by atoms with Crippen molar-refractivity contribution in [3.05, 3.63) is 22.9 Å².